The van der Waals surface area contributed by atoms with Crippen molar-refractivity contribution in [1.29, 1.82) is 0 Å². The molecule has 0 amide bonds. The van der Waals surface area contributed by atoms with Gasteiger partial charge < -0.3 is 15.6 Å². The van der Waals surface area contributed by atoms with Crippen molar-refractivity contribution < 1.29 is 19.0 Å². The normalized spacial score (nSPS) is 12.2. The second-order valence-electron chi connectivity index (χ2n) is 3.09. The van der Waals surface area contributed by atoms with E-state index in [1.807, 2.05) is 0 Å². The van der Waals surface area contributed by atoms with Gasteiger partial charge in [0.2, 0.25) is 6.10 Å². The summed E-state index contributed by atoms with van der Waals surface area (Å²) in [6.07, 6.45) is -1.15. The number of carboxylic acids is 1. The summed E-state index contributed by atoms with van der Waals surface area (Å²) in [6, 6.07) is 4.16. The van der Waals surface area contributed by atoms with Gasteiger partial charge in [0.1, 0.15) is 11.6 Å². The summed E-state index contributed by atoms with van der Waals surface area (Å²) < 4.78 is 18.1. The molecule has 0 aliphatic heterocycles. The van der Waals surface area contributed by atoms with Crippen LogP contribution in [0.15, 0.2) is 18.2 Å². The van der Waals surface area contributed by atoms with E-state index in [2.05, 4.69) is 0 Å². The molecule has 0 fully saturated rings. The molecule has 0 aliphatic rings. The monoisotopic (exact) mass is 213 g/mol. The molecule has 0 saturated heterocycles. The summed E-state index contributed by atoms with van der Waals surface area (Å²) >= 11 is 0. The molecule has 1 unspecified atom stereocenters. The molecule has 0 heterocycles. The second kappa shape index (κ2) is 4.75. The summed E-state index contributed by atoms with van der Waals surface area (Å²) in [7, 11) is 0. The van der Waals surface area contributed by atoms with Gasteiger partial charge in [0.15, 0.2) is 0 Å². The Morgan fingerprint density at radius 1 is 1.67 bits per heavy atom. The van der Waals surface area contributed by atoms with E-state index in [0.717, 1.165) is 6.07 Å². The van der Waals surface area contributed by atoms with Crippen LogP contribution in [-0.4, -0.2) is 23.7 Å². The first-order chi connectivity index (χ1) is 7.04. The lowest BCUT2D eigenvalue weighted by Gasteiger charge is -2.13. The van der Waals surface area contributed by atoms with E-state index >= 15 is 0 Å². The SMILES string of the molecule is Cc1ccc(OC(CN)C(=O)O)cc1F. The van der Waals surface area contributed by atoms with E-state index in [1.165, 1.54) is 12.1 Å². The van der Waals surface area contributed by atoms with E-state index in [9.17, 15) is 9.18 Å². The van der Waals surface area contributed by atoms with E-state index in [-0.39, 0.29) is 12.3 Å². The van der Waals surface area contributed by atoms with Crippen molar-refractivity contribution in [3.8, 4) is 5.75 Å². The minimum Gasteiger partial charge on any atom is -0.478 e. The molecule has 5 heteroatoms. The van der Waals surface area contributed by atoms with Crippen molar-refractivity contribution in [2.24, 2.45) is 5.73 Å². The molecule has 0 radical (unpaired) electrons. The fraction of sp³-hybridized carbons (Fsp3) is 0.300. The van der Waals surface area contributed by atoms with Crippen molar-refractivity contribution in [2.45, 2.75) is 13.0 Å². The molecule has 0 saturated carbocycles. The van der Waals surface area contributed by atoms with Crippen LogP contribution in [0.25, 0.3) is 0 Å². The first kappa shape index (κ1) is 11.5. The topological polar surface area (TPSA) is 72.5 Å². The minimum atomic E-state index is -1.17. The summed E-state index contributed by atoms with van der Waals surface area (Å²) in [5.74, 6) is -1.44. The molecule has 0 aliphatic carbocycles. The maximum atomic E-state index is 13.1. The molecule has 1 aromatic rings. The average Bonchev–Trinajstić information content (AvgIpc) is 2.19. The average molecular weight is 213 g/mol. The highest BCUT2D eigenvalue weighted by molar-refractivity contribution is 5.73. The Morgan fingerprint density at radius 2 is 2.33 bits per heavy atom. The summed E-state index contributed by atoms with van der Waals surface area (Å²) in [5.41, 5.74) is 5.66. The van der Waals surface area contributed by atoms with Gasteiger partial charge in [-0.3, -0.25) is 0 Å². The summed E-state index contributed by atoms with van der Waals surface area (Å²) in [4.78, 5) is 10.6. The summed E-state index contributed by atoms with van der Waals surface area (Å²) in [6.45, 7) is 1.45. The highest BCUT2D eigenvalue weighted by Gasteiger charge is 2.17. The third kappa shape index (κ3) is 2.92. The third-order valence-electron chi connectivity index (χ3n) is 1.91. The number of halogens is 1. The molecular weight excluding hydrogens is 201 g/mol. The number of carboxylic acid groups (broad SMARTS) is 1. The lowest BCUT2D eigenvalue weighted by molar-refractivity contribution is -0.144. The number of hydrogen-bond donors (Lipinski definition) is 2. The van der Waals surface area contributed by atoms with Gasteiger partial charge >= 0.3 is 5.97 Å². The Kier molecular flexibility index (Phi) is 3.62. The molecule has 0 bridgehead atoms. The molecule has 1 atom stereocenters. The Hall–Kier alpha value is -1.62. The maximum Gasteiger partial charge on any atom is 0.346 e. The lowest BCUT2D eigenvalue weighted by Crippen LogP contribution is -2.34. The predicted octanol–water partition coefficient (Wildman–Crippen LogP) is 0.925. The lowest BCUT2D eigenvalue weighted by atomic mass is 10.2. The van der Waals surface area contributed by atoms with Gasteiger partial charge in [-0.1, -0.05) is 6.07 Å². The third-order valence-corrected chi connectivity index (χ3v) is 1.91. The molecule has 4 nitrogen and oxygen atoms in total. The van der Waals surface area contributed by atoms with Crippen LogP contribution in [0, 0.1) is 12.7 Å². The molecule has 82 valence electrons. The Balaban J connectivity index is 2.80. The number of aryl methyl sites for hydroxylation is 1. The number of rotatable bonds is 4. The van der Waals surface area contributed by atoms with Crippen LogP contribution < -0.4 is 10.5 Å². The Labute approximate surface area is 86.5 Å². The van der Waals surface area contributed by atoms with Crippen LogP contribution in [0.5, 0.6) is 5.75 Å². The van der Waals surface area contributed by atoms with Gasteiger partial charge in [0.05, 0.1) is 0 Å². The van der Waals surface area contributed by atoms with Gasteiger partial charge in [0.25, 0.3) is 0 Å². The maximum absolute atomic E-state index is 13.1. The van der Waals surface area contributed by atoms with Gasteiger partial charge in [0, 0.05) is 12.6 Å². The van der Waals surface area contributed by atoms with Gasteiger partial charge in [-0.2, -0.15) is 0 Å². The number of carbonyl (C=O) groups is 1. The zero-order valence-corrected chi connectivity index (χ0v) is 8.24. The fourth-order valence-electron chi connectivity index (χ4n) is 1.01. The summed E-state index contributed by atoms with van der Waals surface area (Å²) in [5, 5.41) is 8.66. The van der Waals surface area contributed by atoms with Crippen molar-refractivity contribution in [3.63, 3.8) is 0 Å². The number of nitrogens with two attached hydrogens (primary N) is 1. The Morgan fingerprint density at radius 3 is 2.80 bits per heavy atom. The quantitative estimate of drug-likeness (QED) is 0.780. The van der Waals surface area contributed by atoms with Crippen LogP contribution in [0.3, 0.4) is 0 Å². The van der Waals surface area contributed by atoms with Crippen molar-refractivity contribution in [3.05, 3.63) is 29.6 Å². The largest absolute Gasteiger partial charge is 0.478 e. The van der Waals surface area contributed by atoms with Crippen molar-refractivity contribution in [2.75, 3.05) is 6.54 Å². The first-order valence-corrected chi connectivity index (χ1v) is 4.40. The van der Waals surface area contributed by atoms with Crippen LogP contribution in [-0.2, 0) is 4.79 Å². The van der Waals surface area contributed by atoms with Crippen LogP contribution in [0.2, 0.25) is 0 Å². The van der Waals surface area contributed by atoms with E-state index < -0.39 is 17.9 Å². The number of benzene rings is 1. The van der Waals surface area contributed by atoms with Gasteiger partial charge in [-0.15, -0.1) is 0 Å². The predicted molar refractivity (Wildman–Crippen MR) is 52.2 cm³/mol. The smallest absolute Gasteiger partial charge is 0.346 e. The fourth-order valence-corrected chi connectivity index (χ4v) is 1.01. The van der Waals surface area contributed by atoms with E-state index in [1.54, 1.807) is 6.92 Å². The number of ether oxygens (including phenoxy) is 1. The van der Waals surface area contributed by atoms with Gasteiger partial charge in [-0.05, 0) is 18.6 Å². The molecule has 0 spiro atoms. The van der Waals surface area contributed by atoms with Crippen molar-refractivity contribution >= 4 is 5.97 Å². The van der Waals surface area contributed by atoms with Crippen LogP contribution in [0.4, 0.5) is 4.39 Å². The van der Waals surface area contributed by atoms with Crippen molar-refractivity contribution in [1.82, 2.24) is 0 Å². The molecule has 3 N–H and O–H groups in total. The first-order valence-electron chi connectivity index (χ1n) is 4.40. The standard InChI is InChI=1S/C10H12FNO3/c1-6-2-3-7(4-8(6)11)15-9(5-12)10(13)14/h2-4,9H,5,12H2,1H3,(H,13,14). The second-order valence-corrected chi connectivity index (χ2v) is 3.09. The van der Waals surface area contributed by atoms with Crippen LogP contribution >= 0.6 is 0 Å². The number of hydrogen-bond acceptors (Lipinski definition) is 3. The molecule has 15 heavy (non-hydrogen) atoms. The Bertz CT molecular complexity index is 368. The number of aliphatic carboxylic acids is 1. The highest BCUT2D eigenvalue weighted by atomic mass is 19.1. The molecule has 1 rings (SSSR count). The molecule has 1 aromatic carbocycles. The van der Waals surface area contributed by atoms with Gasteiger partial charge in [-0.25, -0.2) is 9.18 Å². The molecular formula is C10H12FNO3. The zero-order valence-electron chi connectivity index (χ0n) is 8.24. The molecule has 0 aromatic heterocycles. The van der Waals surface area contributed by atoms with E-state index in [4.69, 9.17) is 15.6 Å². The minimum absolute atomic E-state index is 0.162. The highest BCUT2D eigenvalue weighted by Crippen LogP contribution is 2.16. The zero-order chi connectivity index (χ0) is 11.4. The van der Waals surface area contributed by atoms with E-state index in [0.29, 0.717) is 5.56 Å². The van der Waals surface area contributed by atoms with Crippen LogP contribution in [0.1, 0.15) is 5.56 Å².